The van der Waals surface area contributed by atoms with Gasteiger partial charge >= 0.3 is 5.97 Å². The number of nitrogens with two attached hydrogens (primary N) is 1. The molecule has 7 heteroatoms. The molecule has 0 aliphatic heterocycles. The van der Waals surface area contributed by atoms with Crippen LogP contribution in [0.4, 0.5) is 5.69 Å². The number of amides is 2. The van der Waals surface area contributed by atoms with Gasteiger partial charge in [-0.05, 0) is 31.2 Å². The van der Waals surface area contributed by atoms with Crippen LogP contribution in [-0.4, -0.2) is 37.5 Å². The van der Waals surface area contributed by atoms with E-state index < -0.39 is 17.9 Å². The van der Waals surface area contributed by atoms with Gasteiger partial charge in [-0.25, -0.2) is 0 Å². The highest BCUT2D eigenvalue weighted by Crippen LogP contribution is 2.09. The Labute approximate surface area is 116 Å². The van der Waals surface area contributed by atoms with E-state index in [1.807, 2.05) is 0 Å². The molecule has 0 aliphatic rings. The van der Waals surface area contributed by atoms with Crippen LogP contribution >= 0.6 is 0 Å². The number of ether oxygens (including phenoxy) is 1. The Balaban J connectivity index is 2.59. The van der Waals surface area contributed by atoms with Crippen molar-refractivity contribution in [2.75, 3.05) is 19.0 Å². The average Bonchev–Trinajstić information content (AvgIpc) is 2.44. The molecule has 0 aromatic heterocycles. The Morgan fingerprint density at radius 1 is 1.25 bits per heavy atom. The van der Waals surface area contributed by atoms with Crippen molar-refractivity contribution in [2.45, 2.75) is 13.0 Å². The Morgan fingerprint density at radius 2 is 1.85 bits per heavy atom. The van der Waals surface area contributed by atoms with Crippen LogP contribution in [0.3, 0.4) is 0 Å². The van der Waals surface area contributed by atoms with Gasteiger partial charge in [-0.2, -0.15) is 0 Å². The van der Waals surface area contributed by atoms with Gasteiger partial charge in [-0.15, -0.1) is 0 Å². The molecule has 1 atom stereocenters. The van der Waals surface area contributed by atoms with Gasteiger partial charge in [0.05, 0.1) is 13.2 Å². The van der Waals surface area contributed by atoms with E-state index in [0.29, 0.717) is 11.3 Å². The molecule has 1 aromatic carbocycles. The van der Waals surface area contributed by atoms with Crippen LogP contribution in [0.25, 0.3) is 0 Å². The summed E-state index contributed by atoms with van der Waals surface area (Å²) in [6.07, 6.45) is 0. The number of carbonyl (C=O) groups excluding carboxylic acids is 3. The highest BCUT2D eigenvalue weighted by molar-refractivity contribution is 5.97. The Bertz CT molecular complexity index is 497. The summed E-state index contributed by atoms with van der Waals surface area (Å²) in [7, 11) is 1.24. The molecule has 0 radical (unpaired) electrons. The second-order valence-corrected chi connectivity index (χ2v) is 4.11. The summed E-state index contributed by atoms with van der Waals surface area (Å²) in [4.78, 5) is 33.9. The second kappa shape index (κ2) is 7.25. The number of methoxy groups -OCH3 is 1. The highest BCUT2D eigenvalue weighted by Gasteiger charge is 2.10. The summed E-state index contributed by atoms with van der Waals surface area (Å²) in [5.74, 6) is -1.24. The average molecular weight is 279 g/mol. The first-order valence-corrected chi connectivity index (χ1v) is 5.95. The van der Waals surface area contributed by atoms with Crippen molar-refractivity contribution in [3.8, 4) is 0 Å². The van der Waals surface area contributed by atoms with Gasteiger partial charge in [0.1, 0.15) is 6.54 Å². The third kappa shape index (κ3) is 4.69. The first-order valence-electron chi connectivity index (χ1n) is 5.95. The normalized spacial score (nSPS) is 11.3. The maximum Gasteiger partial charge on any atom is 0.325 e. The number of rotatable bonds is 5. The summed E-state index contributed by atoms with van der Waals surface area (Å²) in [6.45, 7) is 1.38. The predicted molar refractivity (Wildman–Crippen MR) is 73.1 cm³/mol. The third-order valence-electron chi connectivity index (χ3n) is 2.45. The number of hydrogen-bond acceptors (Lipinski definition) is 5. The quantitative estimate of drug-likeness (QED) is 0.650. The topological polar surface area (TPSA) is 111 Å². The van der Waals surface area contributed by atoms with Gasteiger partial charge in [0.2, 0.25) is 5.91 Å². The summed E-state index contributed by atoms with van der Waals surface area (Å²) in [6, 6.07) is 5.60. The van der Waals surface area contributed by atoms with Crippen molar-refractivity contribution in [3.05, 3.63) is 29.8 Å². The molecular weight excluding hydrogens is 262 g/mol. The largest absolute Gasteiger partial charge is 0.468 e. The summed E-state index contributed by atoms with van der Waals surface area (Å²) >= 11 is 0. The van der Waals surface area contributed by atoms with Crippen LogP contribution in [0.2, 0.25) is 0 Å². The fraction of sp³-hybridized carbons (Fsp3) is 0.308. The Morgan fingerprint density at radius 3 is 2.35 bits per heavy atom. The molecule has 0 saturated heterocycles. The SMILES string of the molecule is COC(=O)CNC(=O)c1ccc(NC(=O)[C@H](C)N)cc1. The van der Waals surface area contributed by atoms with Gasteiger partial charge in [0, 0.05) is 11.3 Å². The number of carbonyl (C=O) groups is 3. The van der Waals surface area contributed by atoms with Crippen LogP contribution in [0.1, 0.15) is 17.3 Å². The fourth-order valence-electron chi connectivity index (χ4n) is 1.29. The van der Waals surface area contributed by atoms with E-state index in [4.69, 9.17) is 5.73 Å². The predicted octanol–water partition coefficient (Wildman–Crippen LogP) is -0.125. The smallest absolute Gasteiger partial charge is 0.325 e. The second-order valence-electron chi connectivity index (χ2n) is 4.11. The molecule has 4 N–H and O–H groups in total. The van der Waals surface area contributed by atoms with Gasteiger partial charge in [-0.1, -0.05) is 0 Å². The zero-order valence-corrected chi connectivity index (χ0v) is 11.3. The highest BCUT2D eigenvalue weighted by atomic mass is 16.5. The molecule has 20 heavy (non-hydrogen) atoms. The van der Waals surface area contributed by atoms with Crippen LogP contribution in [-0.2, 0) is 14.3 Å². The standard InChI is InChI=1S/C13H17N3O4/c1-8(14)12(18)16-10-5-3-9(4-6-10)13(19)15-7-11(17)20-2/h3-6,8H,7,14H2,1-2H3,(H,15,19)(H,16,18)/t8-/m0/s1. The molecule has 0 saturated carbocycles. The Kier molecular flexibility index (Phi) is 5.67. The molecule has 0 fully saturated rings. The maximum absolute atomic E-state index is 11.7. The van der Waals surface area contributed by atoms with E-state index in [2.05, 4.69) is 15.4 Å². The van der Waals surface area contributed by atoms with Crippen LogP contribution in [0, 0.1) is 0 Å². The van der Waals surface area contributed by atoms with Gasteiger partial charge < -0.3 is 21.1 Å². The van der Waals surface area contributed by atoms with Crippen molar-refractivity contribution >= 4 is 23.5 Å². The van der Waals surface area contributed by atoms with Crippen molar-refractivity contribution in [2.24, 2.45) is 5.73 Å². The summed E-state index contributed by atoms with van der Waals surface area (Å²) < 4.78 is 4.41. The number of hydrogen-bond donors (Lipinski definition) is 3. The molecule has 0 bridgehead atoms. The van der Waals surface area contributed by atoms with Crippen LogP contribution in [0.5, 0.6) is 0 Å². The molecule has 7 nitrogen and oxygen atoms in total. The first-order chi connectivity index (χ1) is 9.43. The molecule has 0 unspecified atom stereocenters. The lowest BCUT2D eigenvalue weighted by molar-refractivity contribution is -0.139. The molecule has 0 spiro atoms. The first kappa shape index (κ1) is 15.6. The fourth-order valence-corrected chi connectivity index (χ4v) is 1.29. The van der Waals surface area contributed by atoms with E-state index in [-0.39, 0.29) is 12.5 Å². The monoisotopic (exact) mass is 279 g/mol. The lowest BCUT2D eigenvalue weighted by atomic mass is 10.2. The molecule has 1 rings (SSSR count). The number of esters is 1. The summed E-state index contributed by atoms with van der Waals surface area (Å²) in [5.41, 5.74) is 6.33. The van der Waals surface area contributed by atoms with Gasteiger partial charge in [-0.3, -0.25) is 14.4 Å². The van der Waals surface area contributed by atoms with Crippen molar-refractivity contribution in [1.82, 2.24) is 5.32 Å². The summed E-state index contributed by atoms with van der Waals surface area (Å²) in [5, 5.41) is 5.00. The minimum atomic E-state index is -0.613. The number of nitrogens with one attached hydrogen (secondary N) is 2. The van der Waals surface area contributed by atoms with Crippen molar-refractivity contribution in [3.63, 3.8) is 0 Å². The van der Waals surface area contributed by atoms with E-state index >= 15 is 0 Å². The van der Waals surface area contributed by atoms with E-state index in [1.54, 1.807) is 19.1 Å². The minimum absolute atomic E-state index is 0.196. The van der Waals surface area contributed by atoms with Crippen molar-refractivity contribution < 1.29 is 19.1 Å². The zero-order valence-electron chi connectivity index (χ0n) is 11.3. The molecule has 108 valence electrons. The van der Waals surface area contributed by atoms with E-state index in [1.165, 1.54) is 19.2 Å². The lowest BCUT2D eigenvalue weighted by Gasteiger charge is -2.08. The lowest BCUT2D eigenvalue weighted by Crippen LogP contribution is -2.32. The Hall–Kier alpha value is -2.41. The zero-order chi connectivity index (χ0) is 15.1. The molecule has 2 amide bonds. The maximum atomic E-state index is 11.7. The number of anilines is 1. The van der Waals surface area contributed by atoms with Crippen LogP contribution < -0.4 is 16.4 Å². The molecule has 0 heterocycles. The molecule has 0 aliphatic carbocycles. The molecular formula is C13H17N3O4. The van der Waals surface area contributed by atoms with Gasteiger partial charge in [0.15, 0.2) is 0 Å². The van der Waals surface area contributed by atoms with Crippen molar-refractivity contribution in [1.29, 1.82) is 0 Å². The van der Waals surface area contributed by atoms with E-state index in [0.717, 1.165) is 0 Å². The van der Waals surface area contributed by atoms with E-state index in [9.17, 15) is 14.4 Å². The van der Waals surface area contributed by atoms with Gasteiger partial charge in [0.25, 0.3) is 5.91 Å². The molecule has 1 aromatic rings. The number of benzene rings is 1. The minimum Gasteiger partial charge on any atom is -0.468 e. The third-order valence-corrected chi connectivity index (χ3v) is 2.45. The van der Waals surface area contributed by atoms with Crippen LogP contribution in [0.15, 0.2) is 24.3 Å².